The van der Waals surface area contributed by atoms with Crippen LogP contribution in [0.1, 0.15) is 24.2 Å². The lowest BCUT2D eigenvalue weighted by Gasteiger charge is -2.20. The third-order valence-electron chi connectivity index (χ3n) is 2.40. The van der Waals surface area contributed by atoms with E-state index in [9.17, 15) is 9.59 Å². The number of carboxylic acids is 1. The van der Waals surface area contributed by atoms with Gasteiger partial charge in [0.25, 0.3) is 0 Å². The highest BCUT2D eigenvalue weighted by Crippen LogP contribution is 2.17. The second-order valence-electron chi connectivity index (χ2n) is 4.14. The van der Waals surface area contributed by atoms with Gasteiger partial charge in [0.1, 0.15) is 5.75 Å². The molecule has 0 heterocycles. The van der Waals surface area contributed by atoms with E-state index in [2.05, 4.69) is 4.74 Å². The quantitative estimate of drug-likeness (QED) is 0.811. The standard InChI is InChI=1S/C13H16O5/c1-8(2)11(13(16)17-3)18-10-6-4-9(5-7-10)12(14)15/h4-8,11H,1-3H3,(H,14,15). The Labute approximate surface area is 105 Å². The van der Waals surface area contributed by atoms with Crippen LogP contribution in [0.2, 0.25) is 0 Å². The number of rotatable bonds is 5. The fourth-order valence-corrected chi connectivity index (χ4v) is 1.40. The molecule has 5 heteroatoms. The predicted molar refractivity (Wildman–Crippen MR) is 64.7 cm³/mol. The van der Waals surface area contributed by atoms with Crippen molar-refractivity contribution in [3.8, 4) is 5.75 Å². The number of methoxy groups -OCH3 is 1. The van der Waals surface area contributed by atoms with Crippen molar-refractivity contribution >= 4 is 11.9 Å². The van der Waals surface area contributed by atoms with Gasteiger partial charge in [-0.3, -0.25) is 0 Å². The minimum absolute atomic E-state index is 0.0448. The highest BCUT2D eigenvalue weighted by molar-refractivity contribution is 5.87. The van der Waals surface area contributed by atoms with Crippen molar-refractivity contribution in [3.05, 3.63) is 29.8 Å². The van der Waals surface area contributed by atoms with Crippen LogP contribution in [0.4, 0.5) is 0 Å². The van der Waals surface area contributed by atoms with Gasteiger partial charge in [0.2, 0.25) is 0 Å². The lowest BCUT2D eigenvalue weighted by atomic mass is 10.1. The first-order valence-electron chi connectivity index (χ1n) is 5.53. The second-order valence-corrected chi connectivity index (χ2v) is 4.14. The summed E-state index contributed by atoms with van der Waals surface area (Å²) in [5.41, 5.74) is 0.168. The molecule has 1 aromatic carbocycles. The van der Waals surface area contributed by atoms with Crippen LogP contribution in [0, 0.1) is 5.92 Å². The highest BCUT2D eigenvalue weighted by Gasteiger charge is 2.25. The molecule has 1 N–H and O–H groups in total. The summed E-state index contributed by atoms with van der Waals surface area (Å²) in [5.74, 6) is -1.07. The Morgan fingerprint density at radius 2 is 1.72 bits per heavy atom. The largest absolute Gasteiger partial charge is 0.478 e. The first-order chi connectivity index (χ1) is 8.45. The van der Waals surface area contributed by atoms with E-state index >= 15 is 0 Å². The molecule has 0 amide bonds. The minimum atomic E-state index is -1.00. The predicted octanol–water partition coefficient (Wildman–Crippen LogP) is 1.96. The molecule has 1 aromatic rings. The molecule has 0 saturated carbocycles. The van der Waals surface area contributed by atoms with Crippen LogP contribution in [-0.2, 0) is 9.53 Å². The van der Waals surface area contributed by atoms with Gasteiger partial charge in [0.05, 0.1) is 12.7 Å². The van der Waals surface area contributed by atoms with E-state index < -0.39 is 18.0 Å². The number of carbonyl (C=O) groups excluding carboxylic acids is 1. The molecule has 0 aliphatic carbocycles. The molecular weight excluding hydrogens is 236 g/mol. The number of carbonyl (C=O) groups is 2. The van der Waals surface area contributed by atoms with E-state index in [0.29, 0.717) is 5.75 Å². The van der Waals surface area contributed by atoms with Gasteiger partial charge in [-0.2, -0.15) is 0 Å². The van der Waals surface area contributed by atoms with Crippen LogP contribution in [0.5, 0.6) is 5.75 Å². The highest BCUT2D eigenvalue weighted by atomic mass is 16.6. The zero-order valence-corrected chi connectivity index (χ0v) is 10.5. The first kappa shape index (κ1) is 14.0. The summed E-state index contributed by atoms with van der Waals surface area (Å²) < 4.78 is 10.1. The normalized spacial score (nSPS) is 12.0. The number of esters is 1. The number of hydrogen-bond donors (Lipinski definition) is 1. The molecule has 0 aliphatic rings. The molecule has 0 bridgehead atoms. The topological polar surface area (TPSA) is 72.8 Å². The molecule has 1 rings (SSSR count). The molecule has 1 atom stereocenters. The zero-order valence-electron chi connectivity index (χ0n) is 10.5. The van der Waals surface area contributed by atoms with Crippen LogP contribution in [0.3, 0.4) is 0 Å². The average Bonchev–Trinajstić information content (AvgIpc) is 2.35. The molecule has 0 aliphatic heterocycles. The fraction of sp³-hybridized carbons (Fsp3) is 0.385. The molecule has 0 aromatic heterocycles. The lowest BCUT2D eigenvalue weighted by molar-refractivity contribution is -0.150. The lowest BCUT2D eigenvalue weighted by Crippen LogP contribution is -2.33. The molecule has 0 saturated heterocycles. The molecule has 98 valence electrons. The molecule has 5 nitrogen and oxygen atoms in total. The average molecular weight is 252 g/mol. The van der Waals surface area contributed by atoms with E-state index in [1.165, 1.54) is 31.4 Å². The Balaban J connectivity index is 2.81. The van der Waals surface area contributed by atoms with Crippen LogP contribution in [-0.4, -0.2) is 30.3 Å². The molecule has 0 radical (unpaired) electrons. The van der Waals surface area contributed by atoms with Crippen LogP contribution in [0.25, 0.3) is 0 Å². The van der Waals surface area contributed by atoms with Crippen LogP contribution < -0.4 is 4.74 Å². The van der Waals surface area contributed by atoms with Gasteiger partial charge >= 0.3 is 11.9 Å². The van der Waals surface area contributed by atoms with Crippen molar-refractivity contribution in [3.63, 3.8) is 0 Å². The third-order valence-corrected chi connectivity index (χ3v) is 2.40. The maximum Gasteiger partial charge on any atom is 0.347 e. The van der Waals surface area contributed by atoms with Gasteiger partial charge in [-0.25, -0.2) is 9.59 Å². The molecule has 0 spiro atoms. The summed E-state index contributed by atoms with van der Waals surface area (Å²) in [7, 11) is 1.30. The van der Waals surface area contributed by atoms with Crippen LogP contribution >= 0.6 is 0 Å². The maximum absolute atomic E-state index is 11.5. The summed E-state index contributed by atoms with van der Waals surface area (Å²) >= 11 is 0. The van der Waals surface area contributed by atoms with Gasteiger partial charge < -0.3 is 14.6 Å². The second kappa shape index (κ2) is 6.05. The van der Waals surface area contributed by atoms with Gasteiger partial charge in [-0.15, -0.1) is 0 Å². The van der Waals surface area contributed by atoms with Gasteiger partial charge in [-0.1, -0.05) is 13.8 Å². The van der Waals surface area contributed by atoms with Gasteiger partial charge in [0.15, 0.2) is 6.10 Å². The van der Waals surface area contributed by atoms with E-state index in [1.54, 1.807) is 0 Å². The zero-order chi connectivity index (χ0) is 13.7. The van der Waals surface area contributed by atoms with E-state index in [4.69, 9.17) is 9.84 Å². The van der Waals surface area contributed by atoms with E-state index in [-0.39, 0.29) is 11.5 Å². The number of ether oxygens (including phenoxy) is 2. The Hall–Kier alpha value is -2.04. The van der Waals surface area contributed by atoms with Crippen molar-refractivity contribution in [1.82, 2.24) is 0 Å². The summed E-state index contributed by atoms with van der Waals surface area (Å²) in [5, 5.41) is 8.76. The minimum Gasteiger partial charge on any atom is -0.478 e. The number of carboxylic acid groups (broad SMARTS) is 1. The maximum atomic E-state index is 11.5. The number of aromatic carboxylic acids is 1. The third kappa shape index (κ3) is 3.48. The van der Waals surface area contributed by atoms with Gasteiger partial charge in [-0.05, 0) is 24.3 Å². The Kier molecular flexibility index (Phi) is 4.71. The summed E-state index contributed by atoms with van der Waals surface area (Å²) in [6.07, 6.45) is -0.703. The summed E-state index contributed by atoms with van der Waals surface area (Å²) in [6, 6.07) is 5.88. The summed E-state index contributed by atoms with van der Waals surface area (Å²) in [4.78, 5) is 22.2. The Morgan fingerprint density at radius 3 is 2.11 bits per heavy atom. The van der Waals surface area contributed by atoms with Crippen LogP contribution in [0.15, 0.2) is 24.3 Å². The Morgan fingerprint density at radius 1 is 1.17 bits per heavy atom. The van der Waals surface area contributed by atoms with E-state index in [0.717, 1.165) is 0 Å². The fourth-order valence-electron chi connectivity index (χ4n) is 1.40. The Bertz CT molecular complexity index is 422. The van der Waals surface area contributed by atoms with Gasteiger partial charge in [0, 0.05) is 5.92 Å². The smallest absolute Gasteiger partial charge is 0.347 e. The molecule has 1 unspecified atom stereocenters. The van der Waals surface area contributed by atoms with Crippen molar-refractivity contribution < 1.29 is 24.2 Å². The SMILES string of the molecule is COC(=O)C(Oc1ccc(C(=O)O)cc1)C(C)C. The molecule has 18 heavy (non-hydrogen) atoms. The summed E-state index contributed by atoms with van der Waals surface area (Å²) in [6.45, 7) is 3.68. The van der Waals surface area contributed by atoms with Crippen molar-refractivity contribution in [2.24, 2.45) is 5.92 Å². The monoisotopic (exact) mass is 252 g/mol. The first-order valence-corrected chi connectivity index (χ1v) is 5.53. The number of hydrogen-bond acceptors (Lipinski definition) is 4. The molecule has 0 fully saturated rings. The van der Waals surface area contributed by atoms with Crippen molar-refractivity contribution in [1.29, 1.82) is 0 Å². The molecular formula is C13H16O5. The van der Waals surface area contributed by atoms with Crippen molar-refractivity contribution in [2.45, 2.75) is 20.0 Å². The van der Waals surface area contributed by atoms with E-state index in [1.807, 2.05) is 13.8 Å². The number of benzene rings is 1. The van der Waals surface area contributed by atoms with Crippen molar-refractivity contribution in [2.75, 3.05) is 7.11 Å².